The van der Waals surface area contributed by atoms with Crippen molar-refractivity contribution >= 4 is 0 Å². The number of phenolic OH excluding ortho intramolecular Hbond substituents is 1. The van der Waals surface area contributed by atoms with Crippen LogP contribution in [0.25, 0.3) is 0 Å². The standard InChI is InChI=1S/C6H6O.C3H8.C2H6O2/c7-6-4-2-1-3-5-6;1-3-2;3-1-2-4/h1-5,7H;3H2,1-2H3;3-4H,1-2H2. The Morgan fingerprint density at radius 2 is 1.29 bits per heavy atom. The van der Waals surface area contributed by atoms with E-state index in [-0.39, 0.29) is 13.2 Å². The second kappa shape index (κ2) is 14.5. The van der Waals surface area contributed by atoms with E-state index in [4.69, 9.17) is 15.3 Å². The Balaban J connectivity index is 0. The van der Waals surface area contributed by atoms with Crippen LogP contribution in [0.5, 0.6) is 5.75 Å². The van der Waals surface area contributed by atoms with Crippen molar-refractivity contribution in [2.75, 3.05) is 13.2 Å². The molecule has 0 spiro atoms. The van der Waals surface area contributed by atoms with Crippen LogP contribution in [-0.4, -0.2) is 28.5 Å². The van der Waals surface area contributed by atoms with Gasteiger partial charge in [-0.25, -0.2) is 0 Å². The maximum atomic E-state index is 8.63. The normalized spacial score (nSPS) is 7.71. The number of phenols is 1. The fraction of sp³-hybridized carbons (Fsp3) is 0.455. The van der Waals surface area contributed by atoms with Gasteiger partial charge >= 0.3 is 0 Å². The molecule has 0 fully saturated rings. The molecule has 82 valence electrons. The molecule has 0 heterocycles. The molecule has 0 saturated carbocycles. The van der Waals surface area contributed by atoms with E-state index in [2.05, 4.69) is 13.8 Å². The molecule has 0 atom stereocenters. The van der Waals surface area contributed by atoms with Gasteiger partial charge in [-0.1, -0.05) is 38.5 Å². The molecule has 0 unspecified atom stereocenters. The van der Waals surface area contributed by atoms with E-state index >= 15 is 0 Å². The van der Waals surface area contributed by atoms with Gasteiger partial charge in [0.2, 0.25) is 0 Å². The molecule has 0 aliphatic carbocycles. The second-order valence-electron chi connectivity index (χ2n) is 2.49. The van der Waals surface area contributed by atoms with Gasteiger partial charge in [-0.05, 0) is 12.1 Å². The Hall–Kier alpha value is -1.06. The average molecular weight is 200 g/mol. The van der Waals surface area contributed by atoms with Crippen LogP contribution in [-0.2, 0) is 0 Å². The zero-order valence-electron chi connectivity index (χ0n) is 8.85. The van der Waals surface area contributed by atoms with Crippen LogP contribution < -0.4 is 0 Å². The van der Waals surface area contributed by atoms with Gasteiger partial charge < -0.3 is 15.3 Å². The molecule has 3 nitrogen and oxygen atoms in total. The lowest BCUT2D eigenvalue weighted by Crippen LogP contribution is -1.85. The summed E-state index contributed by atoms with van der Waals surface area (Å²) in [7, 11) is 0. The van der Waals surface area contributed by atoms with Crippen molar-refractivity contribution in [2.24, 2.45) is 0 Å². The molecule has 14 heavy (non-hydrogen) atoms. The molecule has 1 aromatic carbocycles. The number of benzene rings is 1. The number of hydrogen-bond donors (Lipinski definition) is 3. The Morgan fingerprint density at radius 3 is 1.43 bits per heavy atom. The Labute approximate surface area is 85.7 Å². The summed E-state index contributed by atoms with van der Waals surface area (Å²) in [5.41, 5.74) is 0. The number of hydrogen-bond acceptors (Lipinski definition) is 3. The molecule has 0 aliphatic rings. The first-order valence-corrected chi connectivity index (χ1v) is 4.68. The van der Waals surface area contributed by atoms with Gasteiger partial charge in [0.15, 0.2) is 0 Å². The molecule has 0 aromatic heterocycles. The summed E-state index contributed by atoms with van der Waals surface area (Å²) in [5.74, 6) is 0.322. The summed E-state index contributed by atoms with van der Waals surface area (Å²) in [5, 5.41) is 23.9. The minimum Gasteiger partial charge on any atom is -0.508 e. The molecular weight excluding hydrogens is 180 g/mol. The van der Waals surface area contributed by atoms with Crippen LogP contribution in [0.1, 0.15) is 20.3 Å². The largest absolute Gasteiger partial charge is 0.508 e. The summed E-state index contributed by atoms with van der Waals surface area (Å²) >= 11 is 0. The van der Waals surface area contributed by atoms with Crippen LogP contribution in [0.4, 0.5) is 0 Å². The van der Waals surface area contributed by atoms with Crippen LogP contribution in [0.15, 0.2) is 30.3 Å². The molecule has 1 rings (SSSR count). The average Bonchev–Trinajstić information content (AvgIpc) is 2.21. The Kier molecular flexibility index (Phi) is 15.9. The molecule has 0 amide bonds. The van der Waals surface area contributed by atoms with E-state index in [1.54, 1.807) is 24.3 Å². The fourth-order valence-corrected chi connectivity index (χ4v) is 0.428. The lowest BCUT2D eigenvalue weighted by atomic mass is 10.3. The molecule has 0 aliphatic heterocycles. The zero-order valence-corrected chi connectivity index (χ0v) is 8.85. The maximum absolute atomic E-state index is 8.63. The molecule has 1 aromatic rings. The first-order valence-electron chi connectivity index (χ1n) is 4.68. The van der Waals surface area contributed by atoms with Gasteiger partial charge in [-0.2, -0.15) is 0 Å². The van der Waals surface area contributed by atoms with Crippen molar-refractivity contribution < 1.29 is 15.3 Å². The Bertz CT molecular complexity index is 173. The molecular formula is C11H20O3. The van der Waals surface area contributed by atoms with Gasteiger partial charge in [0.25, 0.3) is 0 Å². The zero-order chi connectivity index (χ0) is 11.2. The molecule has 0 bridgehead atoms. The second-order valence-corrected chi connectivity index (χ2v) is 2.49. The van der Waals surface area contributed by atoms with Crippen LogP contribution in [0.2, 0.25) is 0 Å². The van der Waals surface area contributed by atoms with E-state index in [1.165, 1.54) is 6.42 Å². The Morgan fingerprint density at radius 1 is 0.929 bits per heavy atom. The van der Waals surface area contributed by atoms with Gasteiger partial charge in [-0.3, -0.25) is 0 Å². The van der Waals surface area contributed by atoms with Crippen LogP contribution >= 0.6 is 0 Å². The quantitative estimate of drug-likeness (QED) is 0.647. The molecule has 0 radical (unpaired) electrons. The minimum absolute atomic E-state index is 0.125. The van der Waals surface area contributed by atoms with E-state index in [1.807, 2.05) is 6.07 Å². The maximum Gasteiger partial charge on any atom is 0.115 e. The van der Waals surface area contributed by atoms with Gasteiger partial charge in [0.1, 0.15) is 5.75 Å². The minimum atomic E-state index is -0.125. The predicted octanol–water partition coefficient (Wildman–Crippen LogP) is 1.78. The lowest BCUT2D eigenvalue weighted by Gasteiger charge is -1.82. The van der Waals surface area contributed by atoms with Crippen molar-refractivity contribution in [3.05, 3.63) is 30.3 Å². The van der Waals surface area contributed by atoms with Gasteiger partial charge in [-0.15, -0.1) is 0 Å². The summed E-state index contributed by atoms with van der Waals surface area (Å²) in [6.45, 7) is 4.00. The van der Waals surface area contributed by atoms with E-state index in [0.29, 0.717) is 5.75 Å². The van der Waals surface area contributed by atoms with Crippen molar-refractivity contribution in [3.8, 4) is 5.75 Å². The number of aliphatic hydroxyl groups is 2. The summed E-state index contributed by atoms with van der Waals surface area (Å²) in [6, 6.07) is 8.71. The first kappa shape index (κ1) is 15.4. The first-order chi connectivity index (χ1) is 6.72. The van der Waals surface area contributed by atoms with E-state index in [9.17, 15) is 0 Å². The molecule has 3 heteroatoms. The number of para-hydroxylation sites is 1. The molecule has 0 saturated heterocycles. The fourth-order valence-electron chi connectivity index (χ4n) is 0.428. The van der Waals surface area contributed by atoms with Gasteiger partial charge in [0.05, 0.1) is 13.2 Å². The smallest absolute Gasteiger partial charge is 0.115 e. The highest BCUT2D eigenvalue weighted by molar-refractivity contribution is 5.18. The highest BCUT2D eigenvalue weighted by Crippen LogP contribution is 2.02. The summed E-state index contributed by atoms with van der Waals surface area (Å²) < 4.78 is 0. The van der Waals surface area contributed by atoms with Crippen molar-refractivity contribution in [3.63, 3.8) is 0 Å². The third-order valence-corrected chi connectivity index (χ3v) is 0.856. The van der Waals surface area contributed by atoms with Crippen molar-refractivity contribution in [2.45, 2.75) is 20.3 Å². The van der Waals surface area contributed by atoms with Crippen LogP contribution in [0, 0.1) is 0 Å². The molecule has 3 N–H and O–H groups in total. The monoisotopic (exact) mass is 200 g/mol. The number of aliphatic hydroxyl groups excluding tert-OH is 2. The van der Waals surface area contributed by atoms with E-state index in [0.717, 1.165) is 0 Å². The third kappa shape index (κ3) is 17.1. The highest BCUT2D eigenvalue weighted by atomic mass is 16.3. The van der Waals surface area contributed by atoms with Crippen LogP contribution in [0.3, 0.4) is 0 Å². The van der Waals surface area contributed by atoms with Gasteiger partial charge in [0, 0.05) is 0 Å². The van der Waals surface area contributed by atoms with E-state index < -0.39 is 0 Å². The lowest BCUT2D eigenvalue weighted by molar-refractivity contribution is 0.186. The predicted molar refractivity (Wildman–Crippen MR) is 58.2 cm³/mol. The summed E-state index contributed by atoms with van der Waals surface area (Å²) in [6.07, 6.45) is 1.25. The SMILES string of the molecule is CCC.OCCO.Oc1ccccc1. The van der Waals surface area contributed by atoms with Crippen molar-refractivity contribution in [1.29, 1.82) is 0 Å². The number of aromatic hydroxyl groups is 1. The number of rotatable bonds is 1. The highest BCUT2D eigenvalue weighted by Gasteiger charge is 1.74. The topological polar surface area (TPSA) is 60.7 Å². The summed E-state index contributed by atoms with van der Waals surface area (Å²) in [4.78, 5) is 0. The van der Waals surface area contributed by atoms with Crippen molar-refractivity contribution in [1.82, 2.24) is 0 Å². The third-order valence-electron chi connectivity index (χ3n) is 0.856.